The fourth-order valence-corrected chi connectivity index (χ4v) is 4.52. The summed E-state index contributed by atoms with van der Waals surface area (Å²) in [5.74, 6) is 0. The van der Waals surface area contributed by atoms with Gasteiger partial charge in [-0.3, -0.25) is 0 Å². The number of hydrogen-bond acceptors (Lipinski definition) is 1. The van der Waals surface area contributed by atoms with Crippen LogP contribution in [0.2, 0.25) is 25.7 Å². The van der Waals surface area contributed by atoms with Gasteiger partial charge in [-0.05, 0) is 31.1 Å². The van der Waals surface area contributed by atoms with Gasteiger partial charge in [-0.1, -0.05) is 91.9 Å². The summed E-state index contributed by atoms with van der Waals surface area (Å²) >= 11 is 0. The molecule has 0 aromatic rings. The summed E-state index contributed by atoms with van der Waals surface area (Å²) in [6, 6.07) is 1.46. The quantitative estimate of drug-likeness (QED) is 0.303. The van der Waals surface area contributed by atoms with Gasteiger partial charge in [0, 0.05) is 13.6 Å². The van der Waals surface area contributed by atoms with Crippen LogP contribution in [-0.4, -0.2) is 13.6 Å². The first kappa shape index (κ1) is 22.2. The molecule has 2 heteroatoms. The summed E-state index contributed by atoms with van der Waals surface area (Å²) in [6.45, 7) is 16.8. The van der Waals surface area contributed by atoms with Crippen LogP contribution in [0.5, 0.6) is 0 Å². The fourth-order valence-electron chi connectivity index (χ4n) is 3.21. The summed E-state index contributed by atoms with van der Waals surface area (Å²) in [7, 11) is -0.876. The number of rotatable bonds is 12. The van der Waals surface area contributed by atoms with E-state index in [1.165, 1.54) is 70.3 Å². The number of unbranched alkanes of at least 4 members (excludes halogenated alkanes) is 3. The first-order valence-corrected chi connectivity index (χ1v) is 13.5. The smallest absolute Gasteiger partial charge is 0.0442 e. The van der Waals surface area contributed by atoms with Crippen LogP contribution in [0, 0.1) is 5.41 Å². The summed E-state index contributed by atoms with van der Waals surface area (Å²) in [4.78, 5) is 0. The average Bonchev–Trinajstić information content (AvgIpc) is 2.32. The molecule has 0 aliphatic heterocycles. The van der Waals surface area contributed by atoms with Crippen molar-refractivity contribution in [3.05, 3.63) is 0 Å². The van der Waals surface area contributed by atoms with E-state index in [2.05, 4.69) is 47.3 Å². The molecule has 0 saturated heterocycles. The van der Waals surface area contributed by atoms with Crippen molar-refractivity contribution in [3.8, 4) is 0 Å². The average molecular weight is 328 g/mol. The van der Waals surface area contributed by atoms with Gasteiger partial charge in [0.1, 0.15) is 0 Å². The monoisotopic (exact) mass is 327 g/mol. The minimum Gasteiger partial charge on any atom is -0.325 e. The van der Waals surface area contributed by atoms with Crippen molar-refractivity contribution in [1.29, 1.82) is 0 Å². The lowest BCUT2D eigenvalue weighted by atomic mass is 9.80. The van der Waals surface area contributed by atoms with E-state index in [0.717, 1.165) is 0 Å². The van der Waals surface area contributed by atoms with Crippen molar-refractivity contribution in [2.75, 3.05) is 0 Å². The zero-order valence-corrected chi connectivity index (χ0v) is 17.9. The van der Waals surface area contributed by atoms with Crippen LogP contribution in [0.1, 0.15) is 91.9 Å². The van der Waals surface area contributed by atoms with E-state index in [4.69, 9.17) is 5.73 Å². The number of hydrogen-bond donors (Lipinski definition) is 1. The first-order valence-electron chi connectivity index (χ1n) is 9.76. The molecule has 22 heavy (non-hydrogen) atoms. The lowest BCUT2D eigenvalue weighted by molar-refractivity contribution is 0.279. The first-order chi connectivity index (χ1) is 9.97. The molecule has 0 aliphatic rings. The topological polar surface area (TPSA) is 26.0 Å². The second kappa shape index (κ2) is 10.1. The molecule has 0 radical (unpaired) electrons. The van der Waals surface area contributed by atoms with Crippen molar-refractivity contribution in [2.45, 2.75) is 123 Å². The Morgan fingerprint density at radius 2 is 1.23 bits per heavy atom. The third kappa shape index (κ3) is 13.8. The maximum absolute atomic E-state index is 6.83. The van der Waals surface area contributed by atoms with E-state index < -0.39 is 8.07 Å². The van der Waals surface area contributed by atoms with E-state index in [1.807, 2.05) is 0 Å². The predicted octanol–water partition coefficient (Wildman–Crippen LogP) is 6.99. The Morgan fingerprint density at radius 1 is 0.727 bits per heavy atom. The molecule has 0 rings (SSSR count). The summed E-state index contributed by atoms with van der Waals surface area (Å²) in [6.07, 6.45) is 13.0. The molecule has 0 heterocycles. The van der Waals surface area contributed by atoms with Crippen molar-refractivity contribution in [2.24, 2.45) is 11.1 Å². The highest BCUT2D eigenvalue weighted by molar-refractivity contribution is 6.76. The fraction of sp³-hybridized carbons (Fsp3) is 1.00. The van der Waals surface area contributed by atoms with Gasteiger partial charge in [-0.25, -0.2) is 0 Å². The van der Waals surface area contributed by atoms with Crippen LogP contribution < -0.4 is 5.73 Å². The van der Waals surface area contributed by atoms with Gasteiger partial charge in [0.2, 0.25) is 0 Å². The molecule has 0 bridgehead atoms. The number of nitrogens with two attached hydrogens (primary N) is 1. The second-order valence-electron chi connectivity index (χ2n) is 10.0. The molecule has 0 spiro atoms. The van der Waals surface area contributed by atoms with Gasteiger partial charge in [0.05, 0.1) is 0 Å². The predicted molar refractivity (Wildman–Crippen MR) is 106 cm³/mol. The SMILES string of the molecule is CCCCCC(N)(CCCC[Si](C)(C)C)CCCC(C)(C)C. The van der Waals surface area contributed by atoms with E-state index >= 15 is 0 Å². The molecule has 1 atom stereocenters. The Kier molecular flexibility index (Phi) is 10.2. The van der Waals surface area contributed by atoms with Gasteiger partial charge in [0.25, 0.3) is 0 Å². The van der Waals surface area contributed by atoms with E-state index in [9.17, 15) is 0 Å². The maximum Gasteiger partial charge on any atom is 0.0442 e. The van der Waals surface area contributed by atoms with Crippen molar-refractivity contribution >= 4 is 8.07 Å². The zero-order chi connectivity index (χ0) is 17.3. The third-order valence-corrected chi connectivity index (χ3v) is 6.58. The molecule has 1 unspecified atom stereocenters. The Bertz CT molecular complexity index is 274. The molecule has 0 aromatic carbocycles. The van der Waals surface area contributed by atoms with Crippen LogP contribution in [0.15, 0.2) is 0 Å². The van der Waals surface area contributed by atoms with Crippen molar-refractivity contribution in [3.63, 3.8) is 0 Å². The molecule has 134 valence electrons. The third-order valence-electron chi connectivity index (χ3n) is 4.73. The highest BCUT2D eigenvalue weighted by Gasteiger charge is 2.25. The summed E-state index contributed by atoms with van der Waals surface area (Å²) < 4.78 is 0. The van der Waals surface area contributed by atoms with Crippen LogP contribution in [0.4, 0.5) is 0 Å². The lowest BCUT2D eigenvalue weighted by Crippen LogP contribution is -2.40. The van der Waals surface area contributed by atoms with E-state index in [-0.39, 0.29) is 5.54 Å². The Hall–Kier alpha value is 0.177. The van der Waals surface area contributed by atoms with Gasteiger partial charge < -0.3 is 5.73 Å². The normalized spacial score (nSPS) is 15.8. The minimum atomic E-state index is -0.876. The summed E-state index contributed by atoms with van der Waals surface area (Å²) in [5, 5.41) is 0. The molecule has 0 fully saturated rings. The Labute approximate surface area is 142 Å². The molecular formula is C20H45NSi. The van der Waals surface area contributed by atoms with Gasteiger partial charge >= 0.3 is 0 Å². The standard InChI is InChI=1S/C20H45NSi/c1-8-9-10-15-20(21,17-13-14-19(2,3)4)16-11-12-18-22(5,6)7/h8-18,21H2,1-7H3. The van der Waals surface area contributed by atoms with Gasteiger partial charge in [-0.15, -0.1) is 0 Å². The highest BCUT2D eigenvalue weighted by Crippen LogP contribution is 2.30. The Morgan fingerprint density at radius 3 is 1.68 bits per heavy atom. The van der Waals surface area contributed by atoms with Gasteiger partial charge in [0.15, 0.2) is 0 Å². The molecule has 1 nitrogen and oxygen atoms in total. The minimum absolute atomic E-state index is 0.111. The van der Waals surface area contributed by atoms with Crippen LogP contribution in [0.3, 0.4) is 0 Å². The van der Waals surface area contributed by atoms with Crippen molar-refractivity contribution in [1.82, 2.24) is 0 Å². The molecule has 2 N–H and O–H groups in total. The highest BCUT2D eigenvalue weighted by atomic mass is 28.3. The molecule has 0 aromatic heterocycles. The zero-order valence-electron chi connectivity index (χ0n) is 16.9. The van der Waals surface area contributed by atoms with Crippen LogP contribution >= 0.6 is 0 Å². The van der Waals surface area contributed by atoms with Crippen LogP contribution in [0.25, 0.3) is 0 Å². The van der Waals surface area contributed by atoms with E-state index in [0.29, 0.717) is 5.41 Å². The Balaban J connectivity index is 4.26. The summed E-state index contributed by atoms with van der Waals surface area (Å²) in [5.41, 5.74) is 7.39. The van der Waals surface area contributed by atoms with Gasteiger partial charge in [-0.2, -0.15) is 0 Å². The molecular weight excluding hydrogens is 282 g/mol. The molecule has 0 saturated carbocycles. The largest absolute Gasteiger partial charge is 0.325 e. The van der Waals surface area contributed by atoms with Crippen molar-refractivity contribution < 1.29 is 0 Å². The van der Waals surface area contributed by atoms with E-state index in [1.54, 1.807) is 0 Å². The molecule has 0 aliphatic carbocycles. The maximum atomic E-state index is 6.83. The van der Waals surface area contributed by atoms with Crippen LogP contribution in [-0.2, 0) is 0 Å². The lowest BCUT2D eigenvalue weighted by Gasteiger charge is -2.31. The molecule has 0 amide bonds. The second-order valence-corrected chi connectivity index (χ2v) is 15.6.